The van der Waals surface area contributed by atoms with Crippen molar-refractivity contribution in [3.05, 3.63) is 55.1 Å². The van der Waals surface area contributed by atoms with E-state index in [1.165, 1.54) is 4.90 Å². The maximum absolute atomic E-state index is 14.8. The maximum Gasteiger partial charge on any atom is 0.312 e. The van der Waals surface area contributed by atoms with Gasteiger partial charge in [0.25, 0.3) is 5.91 Å². The summed E-state index contributed by atoms with van der Waals surface area (Å²) in [4.78, 5) is 45.7. The van der Waals surface area contributed by atoms with Gasteiger partial charge in [-0.05, 0) is 55.0 Å². The Labute approximate surface area is 235 Å². The molecule has 7 atom stereocenters. The van der Waals surface area contributed by atoms with Gasteiger partial charge in [-0.2, -0.15) is 0 Å². The van der Waals surface area contributed by atoms with E-state index in [-0.39, 0.29) is 43.4 Å². The molecule has 214 valence electrons. The zero-order valence-corrected chi connectivity index (χ0v) is 24.0. The number of hydrogen-bond donors (Lipinski definition) is 1. The third kappa shape index (κ3) is 3.98. The summed E-state index contributed by atoms with van der Waals surface area (Å²) >= 11 is 0. The molecule has 1 N–H and O–H groups in total. The summed E-state index contributed by atoms with van der Waals surface area (Å²) in [5.41, 5.74) is -1.50. The van der Waals surface area contributed by atoms with Gasteiger partial charge in [-0.25, -0.2) is 0 Å². The van der Waals surface area contributed by atoms with E-state index >= 15 is 0 Å². The summed E-state index contributed by atoms with van der Waals surface area (Å²) in [6, 6.07) is 12.1. The van der Waals surface area contributed by atoms with Crippen molar-refractivity contribution in [3.63, 3.8) is 0 Å². The van der Waals surface area contributed by atoms with Crippen LogP contribution in [-0.4, -0.2) is 70.8 Å². The molecule has 0 radical (unpaired) electrons. The molecule has 3 saturated heterocycles. The van der Waals surface area contributed by atoms with Crippen LogP contribution in [0.25, 0.3) is 10.8 Å². The molecule has 40 heavy (non-hydrogen) atoms. The third-order valence-corrected chi connectivity index (χ3v) is 9.46. The van der Waals surface area contributed by atoms with Gasteiger partial charge >= 0.3 is 5.97 Å². The van der Waals surface area contributed by atoms with Gasteiger partial charge in [-0.3, -0.25) is 14.4 Å². The largest absolute Gasteiger partial charge is 0.466 e. The fourth-order valence-corrected chi connectivity index (χ4v) is 7.47. The van der Waals surface area contributed by atoms with E-state index in [4.69, 9.17) is 9.47 Å². The topological polar surface area (TPSA) is 96.4 Å². The fourth-order valence-electron chi connectivity index (χ4n) is 7.47. The van der Waals surface area contributed by atoms with Crippen molar-refractivity contribution in [2.45, 2.75) is 64.3 Å². The Balaban J connectivity index is 1.67. The van der Waals surface area contributed by atoms with Gasteiger partial charge in [-0.15, -0.1) is 6.58 Å². The second kappa shape index (κ2) is 10.3. The number of aliphatic hydroxyl groups excluding tert-OH is 1. The highest BCUT2D eigenvalue weighted by atomic mass is 16.6. The Morgan fingerprint density at radius 1 is 1.25 bits per heavy atom. The van der Waals surface area contributed by atoms with Crippen molar-refractivity contribution in [1.29, 1.82) is 0 Å². The Bertz CT molecular complexity index is 1340. The first kappa shape index (κ1) is 28.3. The minimum Gasteiger partial charge on any atom is -0.466 e. The fraction of sp³-hybridized carbons (Fsp3) is 0.531. The summed E-state index contributed by atoms with van der Waals surface area (Å²) in [7, 11) is 0. The molecule has 0 saturated carbocycles. The highest BCUT2D eigenvalue weighted by Crippen LogP contribution is 2.66. The molecule has 5 rings (SSSR count). The van der Waals surface area contributed by atoms with Crippen LogP contribution in [0.3, 0.4) is 0 Å². The number of nitrogens with zero attached hydrogens (tertiary/aromatic N) is 2. The second-order valence-corrected chi connectivity index (χ2v) is 12.0. The highest BCUT2D eigenvalue weighted by Gasteiger charge is 2.80. The number of carbonyl (C=O) groups is 3. The normalized spacial score (nSPS) is 31.5. The number of anilines is 1. The summed E-state index contributed by atoms with van der Waals surface area (Å²) in [5, 5.41) is 12.5. The van der Waals surface area contributed by atoms with Gasteiger partial charge < -0.3 is 24.4 Å². The second-order valence-electron chi connectivity index (χ2n) is 12.0. The number of fused-ring (bicyclic) bond motifs is 2. The molecule has 1 spiro atoms. The number of esters is 1. The lowest BCUT2D eigenvalue weighted by Gasteiger charge is -2.40. The van der Waals surface area contributed by atoms with Crippen LogP contribution in [0.5, 0.6) is 0 Å². The van der Waals surface area contributed by atoms with E-state index in [9.17, 15) is 19.5 Å². The monoisotopic (exact) mass is 548 g/mol. The van der Waals surface area contributed by atoms with Crippen LogP contribution >= 0.6 is 0 Å². The van der Waals surface area contributed by atoms with Crippen LogP contribution in [0.4, 0.5) is 5.69 Å². The van der Waals surface area contributed by atoms with E-state index in [0.29, 0.717) is 12.1 Å². The molecule has 3 aliphatic heterocycles. The van der Waals surface area contributed by atoms with E-state index in [1.807, 2.05) is 70.2 Å². The quantitative estimate of drug-likeness (QED) is 0.377. The SMILES string of the molecule is C=CCN(C(=O)C1N([C@@H](CO)C(C)C)C(=O)[C@@H]2[C@@H](C(=O)OCC)[C@]3(C)OC12CC3C)c1ccc2ccccc2c1. The molecule has 2 amide bonds. The summed E-state index contributed by atoms with van der Waals surface area (Å²) < 4.78 is 12.2. The lowest BCUT2D eigenvalue weighted by atomic mass is 9.62. The van der Waals surface area contributed by atoms with Crippen LogP contribution < -0.4 is 4.90 Å². The van der Waals surface area contributed by atoms with Gasteiger partial charge in [-0.1, -0.05) is 57.2 Å². The van der Waals surface area contributed by atoms with Gasteiger partial charge in [0.2, 0.25) is 5.91 Å². The Morgan fingerprint density at radius 2 is 1.95 bits per heavy atom. The number of aliphatic hydroxyl groups is 1. The summed E-state index contributed by atoms with van der Waals surface area (Å²) in [6.07, 6.45) is 2.10. The standard InChI is InChI=1S/C32H40N2O6/c1-7-15-33(23-14-13-21-11-9-10-12-22(21)16-23)29(37)27-32-17-20(5)31(6,40-32)26(30(38)39-8-2)25(32)28(36)34(27)24(18-35)19(3)4/h7,9-14,16,19-20,24-27,35H,1,8,15,17-18H2,2-6H3/t20?,24-,25-,26-,27?,31+,32?/m0/s1. The van der Waals surface area contributed by atoms with Crippen LogP contribution in [0.2, 0.25) is 0 Å². The minimum absolute atomic E-state index is 0.0960. The molecule has 2 aromatic carbocycles. The lowest BCUT2D eigenvalue weighted by molar-refractivity contribution is -0.162. The van der Waals surface area contributed by atoms with E-state index < -0.39 is 41.1 Å². The molecular formula is C32H40N2O6. The minimum atomic E-state index is -1.22. The van der Waals surface area contributed by atoms with E-state index in [1.54, 1.807) is 17.9 Å². The molecule has 8 heteroatoms. The van der Waals surface area contributed by atoms with E-state index in [0.717, 1.165) is 10.8 Å². The summed E-state index contributed by atoms with van der Waals surface area (Å²) in [5.74, 6) is -3.09. The van der Waals surface area contributed by atoms with Crippen LogP contribution in [0.15, 0.2) is 55.1 Å². The van der Waals surface area contributed by atoms with Crippen molar-refractivity contribution in [2.75, 3.05) is 24.7 Å². The van der Waals surface area contributed by atoms with Gasteiger partial charge in [0, 0.05) is 12.2 Å². The number of hydrogen-bond acceptors (Lipinski definition) is 6. The smallest absolute Gasteiger partial charge is 0.312 e. The molecule has 3 fully saturated rings. The molecule has 2 aromatic rings. The first-order valence-corrected chi connectivity index (χ1v) is 14.3. The zero-order valence-electron chi connectivity index (χ0n) is 24.0. The van der Waals surface area contributed by atoms with Crippen molar-refractivity contribution in [3.8, 4) is 0 Å². The van der Waals surface area contributed by atoms with Crippen LogP contribution in [0, 0.1) is 23.7 Å². The zero-order chi connectivity index (χ0) is 29.0. The first-order chi connectivity index (χ1) is 19.0. The molecule has 3 heterocycles. The Kier molecular flexibility index (Phi) is 7.29. The molecule has 8 nitrogen and oxygen atoms in total. The average Bonchev–Trinajstić information content (AvgIpc) is 3.44. The Hall–Kier alpha value is -3.23. The van der Waals surface area contributed by atoms with Crippen molar-refractivity contribution in [1.82, 2.24) is 4.90 Å². The molecule has 0 aliphatic carbocycles. The third-order valence-electron chi connectivity index (χ3n) is 9.46. The number of ether oxygens (including phenoxy) is 2. The number of rotatable bonds is 9. The average molecular weight is 549 g/mol. The maximum atomic E-state index is 14.8. The molecule has 0 aromatic heterocycles. The van der Waals surface area contributed by atoms with Crippen molar-refractivity contribution in [2.24, 2.45) is 23.7 Å². The van der Waals surface area contributed by atoms with Crippen molar-refractivity contribution < 1.29 is 29.0 Å². The highest BCUT2D eigenvalue weighted by molar-refractivity contribution is 6.06. The van der Waals surface area contributed by atoms with Crippen LogP contribution in [-0.2, 0) is 23.9 Å². The lowest BCUT2D eigenvalue weighted by Crippen LogP contribution is -2.60. The summed E-state index contributed by atoms with van der Waals surface area (Å²) in [6.45, 7) is 13.4. The van der Waals surface area contributed by atoms with Gasteiger partial charge in [0.05, 0.1) is 30.8 Å². The molecular weight excluding hydrogens is 508 g/mol. The predicted octanol–water partition coefficient (Wildman–Crippen LogP) is 3.95. The Morgan fingerprint density at radius 3 is 2.58 bits per heavy atom. The number of carbonyl (C=O) groups excluding carboxylic acids is 3. The van der Waals surface area contributed by atoms with Crippen LogP contribution in [0.1, 0.15) is 41.0 Å². The number of amides is 2. The number of benzene rings is 2. The molecule has 2 bridgehead atoms. The van der Waals surface area contributed by atoms with Gasteiger partial charge in [0.15, 0.2) is 0 Å². The molecule has 3 aliphatic rings. The number of likely N-dealkylation sites (tertiary alicyclic amines) is 1. The van der Waals surface area contributed by atoms with Gasteiger partial charge in [0.1, 0.15) is 17.6 Å². The molecule has 3 unspecified atom stereocenters. The van der Waals surface area contributed by atoms with E-state index in [2.05, 4.69) is 6.58 Å². The first-order valence-electron chi connectivity index (χ1n) is 14.3. The predicted molar refractivity (Wildman–Crippen MR) is 152 cm³/mol. The van der Waals surface area contributed by atoms with Crippen molar-refractivity contribution >= 4 is 34.2 Å².